The molecular formula is C18H17N3O3. The predicted octanol–water partition coefficient (Wildman–Crippen LogP) is 1.16. The number of hydrogen-bond acceptors (Lipinski definition) is 3. The van der Waals surface area contributed by atoms with Crippen LogP contribution in [0.1, 0.15) is 11.1 Å². The molecule has 2 aromatic carbocycles. The lowest BCUT2D eigenvalue weighted by molar-refractivity contribution is -0.134. The van der Waals surface area contributed by atoms with Gasteiger partial charge in [0.15, 0.2) is 5.54 Å². The summed E-state index contributed by atoms with van der Waals surface area (Å²) in [5, 5.41) is 2.77. The normalized spacial score (nSPS) is 20.1. The van der Waals surface area contributed by atoms with Crippen LogP contribution in [0.2, 0.25) is 0 Å². The monoisotopic (exact) mass is 323 g/mol. The van der Waals surface area contributed by atoms with Crippen LogP contribution in [0.25, 0.3) is 0 Å². The Hall–Kier alpha value is -3.15. The van der Waals surface area contributed by atoms with Gasteiger partial charge < -0.3 is 11.1 Å². The van der Waals surface area contributed by atoms with E-state index in [-0.39, 0.29) is 6.42 Å². The molecule has 0 bridgehead atoms. The first-order chi connectivity index (χ1) is 11.5. The molecular weight excluding hydrogens is 306 g/mol. The lowest BCUT2D eigenvalue weighted by Crippen LogP contribution is -2.46. The van der Waals surface area contributed by atoms with Gasteiger partial charge in [-0.15, -0.1) is 0 Å². The molecule has 1 aliphatic heterocycles. The molecule has 122 valence electrons. The first-order valence-corrected chi connectivity index (χ1v) is 7.55. The van der Waals surface area contributed by atoms with Gasteiger partial charge in [0, 0.05) is 6.42 Å². The van der Waals surface area contributed by atoms with E-state index >= 15 is 0 Å². The number of rotatable bonds is 5. The van der Waals surface area contributed by atoms with Gasteiger partial charge in [-0.1, -0.05) is 60.7 Å². The Morgan fingerprint density at radius 3 is 2.17 bits per heavy atom. The highest BCUT2D eigenvalue weighted by molar-refractivity contribution is 6.09. The van der Waals surface area contributed by atoms with Gasteiger partial charge in [0.25, 0.3) is 5.91 Å². The minimum absolute atomic E-state index is 0.289. The largest absolute Gasteiger partial charge is 0.368 e. The van der Waals surface area contributed by atoms with Gasteiger partial charge in [-0.3, -0.25) is 14.5 Å². The SMILES string of the molecule is NC(=O)CN1C(=O)N[C@@](Cc2ccccc2)(c2ccccc2)C1=O. The molecule has 0 radical (unpaired) electrons. The van der Waals surface area contributed by atoms with Crippen LogP contribution in [0.5, 0.6) is 0 Å². The minimum atomic E-state index is -1.24. The van der Waals surface area contributed by atoms with Gasteiger partial charge in [-0.25, -0.2) is 4.79 Å². The van der Waals surface area contributed by atoms with Crippen molar-refractivity contribution in [2.45, 2.75) is 12.0 Å². The van der Waals surface area contributed by atoms with Crippen molar-refractivity contribution in [3.05, 3.63) is 71.8 Å². The molecule has 1 aliphatic rings. The zero-order valence-electron chi connectivity index (χ0n) is 12.9. The van der Waals surface area contributed by atoms with Crippen LogP contribution < -0.4 is 11.1 Å². The van der Waals surface area contributed by atoms with Crippen LogP contribution in [-0.2, 0) is 21.5 Å². The van der Waals surface area contributed by atoms with E-state index in [4.69, 9.17) is 5.73 Å². The molecule has 6 nitrogen and oxygen atoms in total. The number of benzene rings is 2. The molecule has 0 aliphatic carbocycles. The van der Waals surface area contributed by atoms with E-state index in [9.17, 15) is 14.4 Å². The molecule has 0 unspecified atom stereocenters. The first-order valence-electron chi connectivity index (χ1n) is 7.55. The summed E-state index contributed by atoms with van der Waals surface area (Å²) < 4.78 is 0. The molecule has 1 fully saturated rings. The van der Waals surface area contributed by atoms with E-state index in [2.05, 4.69) is 5.32 Å². The molecule has 1 saturated heterocycles. The van der Waals surface area contributed by atoms with Crippen molar-refractivity contribution in [1.82, 2.24) is 10.2 Å². The molecule has 1 heterocycles. The number of primary amides is 1. The molecule has 0 aromatic heterocycles. The maximum atomic E-state index is 13.0. The Balaban J connectivity index is 2.05. The topological polar surface area (TPSA) is 92.5 Å². The molecule has 1 atom stereocenters. The van der Waals surface area contributed by atoms with Crippen molar-refractivity contribution in [1.29, 1.82) is 0 Å². The Kier molecular flexibility index (Phi) is 4.04. The Bertz CT molecular complexity index is 777. The fourth-order valence-electron chi connectivity index (χ4n) is 2.97. The number of carbonyl (C=O) groups is 3. The summed E-state index contributed by atoms with van der Waals surface area (Å²) in [6.45, 7) is -0.436. The second-order valence-electron chi connectivity index (χ2n) is 5.72. The Labute approximate surface area is 139 Å². The highest BCUT2D eigenvalue weighted by atomic mass is 16.2. The smallest absolute Gasteiger partial charge is 0.325 e. The summed E-state index contributed by atoms with van der Waals surface area (Å²) in [5.74, 6) is -1.21. The summed E-state index contributed by atoms with van der Waals surface area (Å²) in [5.41, 5.74) is 5.49. The average Bonchev–Trinajstić information content (AvgIpc) is 2.81. The van der Waals surface area contributed by atoms with Crippen molar-refractivity contribution in [3.8, 4) is 0 Å². The number of nitrogens with zero attached hydrogens (tertiary/aromatic N) is 1. The summed E-state index contributed by atoms with van der Waals surface area (Å²) in [4.78, 5) is 37.4. The second-order valence-corrected chi connectivity index (χ2v) is 5.72. The van der Waals surface area contributed by atoms with Crippen molar-refractivity contribution in [3.63, 3.8) is 0 Å². The van der Waals surface area contributed by atoms with Crippen LogP contribution in [0.4, 0.5) is 4.79 Å². The van der Waals surface area contributed by atoms with Crippen molar-refractivity contribution in [2.75, 3.05) is 6.54 Å². The third-order valence-corrected chi connectivity index (χ3v) is 4.07. The fraction of sp³-hybridized carbons (Fsp3) is 0.167. The molecule has 6 heteroatoms. The van der Waals surface area contributed by atoms with Gasteiger partial charge >= 0.3 is 6.03 Å². The molecule has 2 aromatic rings. The van der Waals surface area contributed by atoms with Crippen molar-refractivity contribution in [2.24, 2.45) is 5.73 Å². The Morgan fingerprint density at radius 2 is 1.58 bits per heavy atom. The van der Waals surface area contributed by atoms with E-state index in [1.165, 1.54) is 0 Å². The molecule has 4 amide bonds. The number of nitrogens with one attached hydrogen (secondary N) is 1. The van der Waals surface area contributed by atoms with Gasteiger partial charge in [0.1, 0.15) is 6.54 Å². The fourth-order valence-corrected chi connectivity index (χ4v) is 2.97. The van der Waals surface area contributed by atoms with Crippen LogP contribution in [0.15, 0.2) is 60.7 Å². The third kappa shape index (κ3) is 2.74. The summed E-state index contributed by atoms with van der Waals surface area (Å²) >= 11 is 0. The minimum Gasteiger partial charge on any atom is -0.368 e. The van der Waals surface area contributed by atoms with E-state index in [1.807, 2.05) is 36.4 Å². The van der Waals surface area contributed by atoms with Gasteiger partial charge in [-0.2, -0.15) is 0 Å². The highest BCUT2D eigenvalue weighted by Gasteiger charge is 2.52. The third-order valence-electron chi connectivity index (χ3n) is 4.07. The van der Waals surface area contributed by atoms with E-state index < -0.39 is 29.9 Å². The zero-order valence-corrected chi connectivity index (χ0v) is 12.9. The average molecular weight is 323 g/mol. The lowest BCUT2D eigenvalue weighted by atomic mass is 9.83. The quantitative estimate of drug-likeness (QED) is 0.809. The van der Waals surface area contributed by atoms with Crippen LogP contribution in [0.3, 0.4) is 0 Å². The molecule has 24 heavy (non-hydrogen) atoms. The maximum Gasteiger partial charge on any atom is 0.325 e. The highest BCUT2D eigenvalue weighted by Crippen LogP contribution is 2.32. The number of carbonyl (C=O) groups excluding carboxylic acids is 3. The molecule has 0 saturated carbocycles. The van der Waals surface area contributed by atoms with Gasteiger partial charge in [0.2, 0.25) is 5.91 Å². The van der Waals surface area contributed by atoms with Gasteiger partial charge in [0.05, 0.1) is 0 Å². The molecule has 3 rings (SSSR count). The lowest BCUT2D eigenvalue weighted by Gasteiger charge is -2.27. The predicted molar refractivity (Wildman–Crippen MR) is 87.7 cm³/mol. The van der Waals surface area contributed by atoms with Crippen LogP contribution >= 0.6 is 0 Å². The molecule has 3 N–H and O–H groups in total. The second kappa shape index (κ2) is 6.16. The number of urea groups is 1. The number of imide groups is 1. The van der Waals surface area contributed by atoms with Crippen LogP contribution in [0, 0.1) is 0 Å². The van der Waals surface area contributed by atoms with Crippen molar-refractivity contribution >= 4 is 17.8 Å². The van der Waals surface area contributed by atoms with Crippen molar-refractivity contribution < 1.29 is 14.4 Å². The summed E-state index contributed by atoms with van der Waals surface area (Å²) in [7, 11) is 0. The van der Waals surface area contributed by atoms with E-state index in [0.717, 1.165) is 10.5 Å². The van der Waals surface area contributed by atoms with Crippen LogP contribution in [-0.4, -0.2) is 29.3 Å². The van der Waals surface area contributed by atoms with E-state index in [1.54, 1.807) is 24.3 Å². The summed E-state index contributed by atoms with van der Waals surface area (Å²) in [6, 6.07) is 17.8. The van der Waals surface area contributed by atoms with Gasteiger partial charge in [-0.05, 0) is 11.1 Å². The zero-order chi connectivity index (χ0) is 17.2. The molecule has 0 spiro atoms. The summed E-state index contributed by atoms with van der Waals surface area (Å²) in [6.07, 6.45) is 0.289. The first kappa shape index (κ1) is 15.7. The number of amides is 4. The number of hydrogen-bond donors (Lipinski definition) is 2. The maximum absolute atomic E-state index is 13.0. The Morgan fingerprint density at radius 1 is 1.00 bits per heavy atom. The number of nitrogens with two attached hydrogens (primary N) is 1. The van der Waals surface area contributed by atoms with E-state index in [0.29, 0.717) is 5.56 Å². The standard InChI is InChI=1S/C18H17N3O3/c19-15(22)12-21-16(23)18(20-17(21)24,14-9-5-2-6-10-14)11-13-7-3-1-4-8-13/h1-10H,11-12H2,(H2,19,22)(H,20,24)/t18-/m0/s1.